The molecular weight excluding hydrogens is 509 g/mol. The average Bonchev–Trinajstić information content (AvgIpc) is 2.94. The van der Waals surface area contributed by atoms with Crippen molar-refractivity contribution in [3.63, 3.8) is 0 Å². The Labute approximate surface area is 231 Å². The minimum absolute atomic E-state index is 0.275. The van der Waals surface area contributed by atoms with Crippen molar-refractivity contribution in [2.45, 2.75) is 31.6 Å². The first kappa shape index (κ1) is 28.0. The van der Waals surface area contributed by atoms with E-state index in [0.717, 1.165) is 16.4 Å². The van der Waals surface area contributed by atoms with Crippen molar-refractivity contribution < 1.29 is 13.7 Å². The van der Waals surface area contributed by atoms with E-state index in [1.807, 2.05) is 62.5 Å². The summed E-state index contributed by atoms with van der Waals surface area (Å²) in [6.07, 6.45) is 0. The predicted octanol–water partition coefficient (Wildman–Crippen LogP) is 5.95. The first-order chi connectivity index (χ1) is 18.3. The Hall–Kier alpha value is -2.98. The molecule has 2 atom stereocenters. The summed E-state index contributed by atoms with van der Waals surface area (Å²) in [7, 11) is 3.05. The second-order valence-electron chi connectivity index (χ2n) is 9.99. The highest BCUT2D eigenvalue weighted by Gasteiger charge is 2.34. The Bertz CT molecular complexity index is 1320. The molecule has 4 nitrogen and oxygen atoms in total. The molecule has 0 saturated heterocycles. The summed E-state index contributed by atoms with van der Waals surface area (Å²) in [4.78, 5) is 0. The Kier molecular flexibility index (Phi) is 9.04. The van der Waals surface area contributed by atoms with E-state index < -0.39 is 23.7 Å². The lowest BCUT2D eigenvalue weighted by Crippen LogP contribution is -2.39. The third kappa shape index (κ3) is 6.02. The summed E-state index contributed by atoms with van der Waals surface area (Å²) >= 11 is 0. The van der Waals surface area contributed by atoms with Gasteiger partial charge in [-0.2, -0.15) is 0 Å². The van der Waals surface area contributed by atoms with Crippen molar-refractivity contribution in [2.24, 2.45) is 0 Å². The zero-order valence-electron chi connectivity index (χ0n) is 22.9. The smallest absolute Gasteiger partial charge is 0.161 e. The molecule has 0 radical (unpaired) electrons. The summed E-state index contributed by atoms with van der Waals surface area (Å²) in [5, 5.41) is 3.60. The van der Waals surface area contributed by atoms with Gasteiger partial charge in [0.1, 0.15) is 11.0 Å². The molecule has 0 aliphatic heterocycles. The average molecular weight is 546 g/mol. The molecule has 0 saturated carbocycles. The topological polar surface area (TPSA) is 38.8 Å². The molecule has 0 fully saturated rings. The molecule has 0 aliphatic carbocycles. The van der Waals surface area contributed by atoms with Crippen molar-refractivity contribution in [1.82, 2.24) is 4.31 Å². The van der Waals surface area contributed by atoms with E-state index in [2.05, 4.69) is 72.8 Å². The van der Waals surface area contributed by atoms with Crippen LogP contribution >= 0.6 is 7.92 Å². The van der Waals surface area contributed by atoms with Crippen LogP contribution in [0.4, 0.5) is 0 Å². The maximum Gasteiger partial charge on any atom is 0.161 e. The van der Waals surface area contributed by atoms with Gasteiger partial charge in [0.25, 0.3) is 0 Å². The van der Waals surface area contributed by atoms with Gasteiger partial charge in [0.05, 0.1) is 25.0 Å². The van der Waals surface area contributed by atoms with E-state index >= 15 is 0 Å². The van der Waals surface area contributed by atoms with E-state index in [1.54, 1.807) is 14.2 Å². The molecule has 0 spiro atoms. The van der Waals surface area contributed by atoms with Crippen LogP contribution in [0.3, 0.4) is 0 Å². The van der Waals surface area contributed by atoms with Crippen molar-refractivity contribution in [3.8, 4) is 11.5 Å². The van der Waals surface area contributed by atoms with Crippen LogP contribution in [0.15, 0.2) is 103 Å². The van der Waals surface area contributed by atoms with Gasteiger partial charge in [0, 0.05) is 7.05 Å². The van der Waals surface area contributed by atoms with E-state index in [4.69, 9.17) is 9.47 Å². The molecule has 38 heavy (non-hydrogen) atoms. The maximum absolute atomic E-state index is 13.8. The summed E-state index contributed by atoms with van der Waals surface area (Å²) < 4.78 is 27.0. The largest absolute Gasteiger partial charge is 0.493 e. The fourth-order valence-corrected chi connectivity index (χ4v) is 8.40. The Morgan fingerprint density at radius 2 is 1.18 bits per heavy atom. The molecule has 0 aliphatic rings. The van der Waals surface area contributed by atoms with Crippen molar-refractivity contribution >= 4 is 34.8 Å². The number of ether oxygens (including phenoxy) is 2. The zero-order valence-corrected chi connectivity index (χ0v) is 24.6. The van der Waals surface area contributed by atoms with E-state index in [-0.39, 0.29) is 6.04 Å². The van der Waals surface area contributed by atoms with Crippen LogP contribution in [-0.4, -0.2) is 34.5 Å². The molecule has 1 unspecified atom stereocenters. The van der Waals surface area contributed by atoms with Crippen LogP contribution in [0, 0.1) is 0 Å². The van der Waals surface area contributed by atoms with Gasteiger partial charge in [-0.1, -0.05) is 91.0 Å². The number of hydrogen-bond donors (Lipinski definition) is 0. The molecule has 0 N–H and O–H groups in total. The molecule has 198 valence electrons. The van der Waals surface area contributed by atoms with Gasteiger partial charge in [-0.15, -0.1) is 0 Å². The molecular formula is C32H36NO3PS. The highest BCUT2D eigenvalue weighted by molar-refractivity contribution is 7.84. The Balaban J connectivity index is 2.06. The van der Waals surface area contributed by atoms with Crippen LogP contribution in [-0.2, 0) is 11.0 Å². The van der Waals surface area contributed by atoms with Gasteiger partial charge < -0.3 is 9.47 Å². The van der Waals surface area contributed by atoms with Gasteiger partial charge in [0.15, 0.2) is 11.5 Å². The third-order valence-corrected chi connectivity index (χ3v) is 10.6. The standard InChI is InChI=1S/C32H36NO3PS/c1-32(2,3)38(34)33(4)31(24-16-10-7-11-17-24)27-22-28(35-5)29(36-6)23-30(27)37(25-18-12-8-13-19-25)26-20-14-9-15-21-26/h7-23,31H,1-6H3/t31-,38?/m0/s1. The van der Waals surface area contributed by atoms with Gasteiger partial charge in [-0.25, -0.2) is 8.51 Å². The number of rotatable bonds is 9. The monoisotopic (exact) mass is 545 g/mol. The maximum atomic E-state index is 13.8. The minimum Gasteiger partial charge on any atom is -0.493 e. The SMILES string of the molecule is COc1cc([C@H](c2ccccc2)N(C)S(=O)C(C)(C)C)c(P(c2ccccc2)c2ccccc2)cc1OC. The minimum atomic E-state index is -1.27. The molecule has 0 bridgehead atoms. The van der Waals surface area contributed by atoms with E-state index in [1.165, 1.54) is 10.6 Å². The molecule has 4 rings (SSSR count). The Morgan fingerprint density at radius 3 is 1.63 bits per heavy atom. The Morgan fingerprint density at radius 1 is 0.737 bits per heavy atom. The first-order valence-electron chi connectivity index (χ1n) is 12.6. The molecule has 6 heteroatoms. The fourth-order valence-electron chi connectivity index (χ4n) is 4.63. The van der Waals surface area contributed by atoms with Crippen molar-refractivity contribution in [1.29, 1.82) is 0 Å². The van der Waals surface area contributed by atoms with Crippen LogP contribution in [0.25, 0.3) is 0 Å². The molecule has 4 aromatic carbocycles. The van der Waals surface area contributed by atoms with Gasteiger partial charge >= 0.3 is 0 Å². The predicted molar refractivity (Wildman–Crippen MR) is 162 cm³/mol. The number of hydrogen-bond acceptors (Lipinski definition) is 3. The van der Waals surface area contributed by atoms with Crippen LogP contribution in [0.1, 0.15) is 37.9 Å². The summed E-state index contributed by atoms with van der Waals surface area (Å²) in [6, 6.07) is 35.4. The first-order valence-corrected chi connectivity index (χ1v) is 15.1. The van der Waals surface area contributed by atoms with Gasteiger partial charge in [-0.3, -0.25) is 0 Å². The molecule has 4 aromatic rings. The van der Waals surface area contributed by atoms with Crippen LogP contribution in [0.2, 0.25) is 0 Å². The molecule has 0 amide bonds. The number of methoxy groups -OCH3 is 2. The normalized spacial score (nSPS) is 13.4. The van der Waals surface area contributed by atoms with E-state index in [0.29, 0.717) is 11.5 Å². The third-order valence-electron chi connectivity index (χ3n) is 6.36. The highest BCUT2D eigenvalue weighted by Crippen LogP contribution is 2.43. The fraction of sp³-hybridized carbons (Fsp3) is 0.250. The lowest BCUT2D eigenvalue weighted by molar-refractivity contribution is 0.353. The van der Waals surface area contributed by atoms with Crippen LogP contribution in [0.5, 0.6) is 11.5 Å². The quantitative estimate of drug-likeness (QED) is 0.244. The van der Waals surface area contributed by atoms with Crippen LogP contribution < -0.4 is 25.4 Å². The van der Waals surface area contributed by atoms with Crippen molar-refractivity contribution in [2.75, 3.05) is 21.3 Å². The van der Waals surface area contributed by atoms with Gasteiger partial charge in [0.2, 0.25) is 0 Å². The number of nitrogens with zero attached hydrogens (tertiary/aromatic N) is 1. The second kappa shape index (κ2) is 12.3. The zero-order chi connectivity index (χ0) is 27.3. The lowest BCUT2D eigenvalue weighted by Gasteiger charge is -2.35. The molecule has 0 heterocycles. The summed E-state index contributed by atoms with van der Waals surface area (Å²) in [5.74, 6) is 1.33. The summed E-state index contributed by atoms with van der Waals surface area (Å²) in [5.41, 5.74) is 2.12. The summed E-state index contributed by atoms with van der Waals surface area (Å²) in [6.45, 7) is 6.04. The highest BCUT2D eigenvalue weighted by atomic mass is 32.2. The van der Waals surface area contributed by atoms with Gasteiger partial charge in [-0.05, 0) is 67.9 Å². The van der Waals surface area contributed by atoms with Crippen molar-refractivity contribution in [3.05, 3.63) is 114 Å². The second-order valence-corrected chi connectivity index (χ2v) is 14.5. The molecule has 0 aromatic heterocycles. The lowest BCUT2D eigenvalue weighted by atomic mass is 9.98. The van der Waals surface area contributed by atoms with E-state index in [9.17, 15) is 4.21 Å². The number of benzene rings is 4.